The van der Waals surface area contributed by atoms with E-state index < -0.39 is 29.7 Å². The van der Waals surface area contributed by atoms with E-state index in [9.17, 15) is 28.4 Å². The van der Waals surface area contributed by atoms with Crippen LogP contribution in [0.25, 0.3) is 17.0 Å². The standard InChI is InChI=1S/C40H36FN9O5/c41-25-5-1-4-24(20-25)30-7-3-17-48(30)35-13-12-33-42-22-32(50(33)46-35)29-6-2-8-34(44-29)47-18-15-23(16-19-47)37(52)43-26-9-10-27-28(21-26)40(55)49(39(27)54)31-11-14-36(51)45-38(31)53/h1-2,4-6,8-10,12-13,20-23,30-31H,3,7,11,14-19H2,(H,43,52)(H,45,51,53)/t30-,31?/m1/s1. The number of halogens is 1. The minimum Gasteiger partial charge on any atom is -0.357 e. The Morgan fingerprint density at radius 3 is 2.45 bits per heavy atom. The maximum atomic E-state index is 14.1. The summed E-state index contributed by atoms with van der Waals surface area (Å²) >= 11 is 0. The van der Waals surface area contributed by atoms with E-state index in [-0.39, 0.29) is 47.7 Å². The molecule has 0 saturated carbocycles. The van der Waals surface area contributed by atoms with Gasteiger partial charge in [0.15, 0.2) is 5.65 Å². The molecule has 5 amide bonds. The van der Waals surface area contributed by atoms with Crippen LogP contribution in [0.1, 0.15) is 70.8 Å². The van der Waals surface area contributed by atoms with Crippen molar-refractivity contribution < 1.29 is 28.4 Å². The summed E-state index contributed by atoms with van der Waals surface area (Å²) in [6.07, 6.45) is 4.90. The van der Waals surface area contributed by atoms with Crippen LogP contribution < -0.4 is 20.4 Å². The molecule has 2 N–H and O–H groups in total. The van der Waals surface area contributed by atoms with E-state index in [0.29, 0.717) is 43.0 Å². The van der Waals surface area contributed by atoms with Gasteiger partial charge in [-0.15, -0.1) is 5.10 Å². The zero-order valence-corrected chi connectivity index (χ0v) is 29.7. The summed E-state index contributed by atoms with van der Waals surface area (Å²) in [5, 5.41) is 10.1. The van der Waals surface area contributed by atoms with Crippen LogP contribution in [0.2, 0.25) is 0 Å². The lowest BCUT2D eigenvalue weighted by Crippen LogP contribution is -2.54. The molecule has 7 heterocycles. The fourth-order valence-corrected chi connectivity index (χ4v) is 8.20. The summed E-state index contributed by atoms with van der Waals surface area (Å²) < 4.78 is 15.9. The van der Waals surface area contributed by atoms with Crippen molar-refractivity contribution in [2.75, 3.05) is 34.8 Å². The topological polar surface area (TPSA) is 162 Å². The van der Waals surface area contributed by atoms with E-state index in [4.69, 9.17) is 10.1 Å². The molecule has 15 heteroatoms. The first-order valence-electron chi connectivity index (χ1n) is 18.5. The van der Waals surface area contributed by atoms with Gasteiger partial charge in [-0.3, -0.25) is 34.2 Å². The van der Waals surface area contributed by atoms with Crippen molar-refractivity contribution in [3.63, 3.8) is 0 Å². The highest BCUT2D eigenvalue weighted by Gasteiger charge is 2.44. The Kier molecular flexibility index (Phi) is 8.55. The number of nitrogens with zero attached hydrogens (tertiary/aromatic N) is 7. The number of imide groups is 2. The summed E-state index contributed by atoms with van der Waals surface area (Å²) in [6, 6.07) is 19.9. The van der Waals surface area contributed by atoms with Crippen LogP contribution in [0.5, 0.6) is 0 Å². The van der Waals surface area contributed by atoms with Gasteiger partial charge >= 0.3 is 0 Å². The lowest BCUT2D eigenvalue weighted by atomic mass is 9.95. The van der Waals surface area contributed by atoms with Gasteiger partial charge in [-0.05, 0) is 92.3 Å². The fourth-order valence-electron chi connectivity index (χ4n) is 8.20. The first kappa shape index (κ1) is 34.3. The average molecular weight is 742 g/mol. The van der Waals surface area contributed by atoms with Gasteiger partial charge in [-0.2, -0.15) is 0 Å². The summed E-state index contributed by atoms with van der Waals surface area (Å²) in [7, 11) is 0. The Hall–Kier alpha value is -6.51. The number of anilines is 3. The van der Waals surface area contributed by atoms with Crippen molar-refractivity contribution >= 4 is 52.5 Å². The summed E-state index contributed by atoms with van der Waals surface area (Å²) in [4.78, 5) is 78.5. The van der Waals surface area contributed by atoms with Gasteiger partial charge in [0.1, 0.15) is 29.2 Å². The van der Waals surface area contributed by atoms with E-state index in [2.05, 4.69) is 25.4 Å². The molecular weight excluding hydrogens is 705 g/mol. The van der Waals surface area contributed by atoms with Gasteiger partial charge in [0, 0.05) is 37.7 Å². The second-order valence-electron chi connectivity index (χ2n) is 14.4. The number of benzene rings is 2. The van der Waals surface area contributed by atoms with Crippen LogP contribution >= 0.6 is 0 Å². The predicted octanol–water partition coefficient (Wildman–Crippen LogP) is 4.53. The number of carbonyl (C=O) groups is 5. The lowest BCUT2D eigenvalue weighted by molar-refractivity contribution is -0.136. The number of imidazole rings is 1. The van der Waals surface area contributed by atoms with Crippen molar-refractivity contribution in [1.29, 1.82) is 0 Å². The molecule has 0 aliphatic carbocycles. The molecule has 0 bridgehead atoms. The molecule has 14 nitrogen and oxygen atoms in total. The number of hydrogen-bond acceptors (Lipinski definition) is 10. The Labute approximate surface area is 314 Å². The van der Waals surface area contributed by atoms with E-state index in [1.165, 1.54) is 18.2 Å². The SMILES string of the molecule is O=C1CCC(N2C(=O)c3ccc(NC(=O)C4CCN(c5cccc(-c6cnc7ccc(N8CCC[C@@H]8c8cccc(F)c8)nn67)n5)CC4)cc3C2=O)C(=O)N1. The number of rotatable bonds is 7. The van der Waals surface area contributed by atoms with Crippen LogP contribution in [0, 0.1) is 11.7 Å². The maximum absolute atomic E-state index is 14.1. The number of piperidine rings is 2. The van der Waals surface area contributed by atoms with Crippen LogP contribution in [0.4, 0.5) is 21.7 Å². The Morgan fingerprint density at radius 1 is 0.818 bits per heavy atom. The van der Waals surface area contributed by atoms with Gasteiger partial charge in [-0.25, -0.2) is 18.9 Å². The normalized spacial score (nSPS) is 20.3. The van der Waals surface area contributed by atoms with Crippen molar-refractivity contribution in [3.05, 3.63) is 102 Å². The highest BCUT2D eigenvalue weighted by Crippen LogP contribution is 2.36. The van der Waals surface area contributed by atoms with Gasteiger partial charge < -0.3 is 15.1 Å². The molecule has 2 atom stereocenters. The third kappa shape index (κ3) is 6.24. The molecule has 278 valence electrons. The number of amides is 5. The molecule has 9 rings (SSSR count). The molecule has 0 spiro atoms. The Balaban J connectivity index is 0.858. The molecular formula is C40H36FN9O5. The quantitative estimate of drug-likeness (QED) is 0.227. The number of nitrogens with one attached hydrogen (secondary N) is 2. The second kappa shape index (κ2) is 13.7. The van der Waals surface area contributed by atoms with Crippen molar-refractivity contribution in [3.8, 4) is 11.4 Å². The smallest absolute Gasteiger partial charge is 0.262 e. The van der Waals surface area contributed by atoms with Crippen LogP contribution in [0.3, 0.4) is 0 Å². The minimum atomic E-state index is -1.06. The van der Waals surface area contributed by atoms with Crippen molar-refractivity contribution in [1.82, 2.24) is 29.8 Å². The molecule has 55 heavy (non-hydrogen) atoms. The Morgan fingerprint density at radius 2 is 1.64 bits per heavy atom. The van der Waals surface area contributed by atoms with E-state index >= 15 is 0 Å². The third-order valence-corrected chi connectivity index (χ3v) is 11.0. The predicted molar refractivity (Wildman–Crippen MR) is 199 cm³/mol. The second-order valence-corrected chi connectivity index (χ2v) is 14.4. The number of hydrogen-bond donors (Lipinski definition) is 2. The first-order chi connectivity index (χ1) is 26.7. The molecule has 3 saturated heterocycles. The fraction of sp³-hybridized carbons (Fsp3) is 0.300. The lowest BCUT2D eigenvalue weighted by Gasteiger charge is -2.32. The molecule has 3 fully saturated rings. The van der Waals surface area contributed by atoms with Crippen LogP contribution in [-0.4, -0.2) is 79.7 Å². The summed E-state index contributed by atoms with van der Waals surface area (Å²) in [5.41, 5.74) is 3.70. The van der Waals surface area contributed by atoms with Crippen molar-refractivity contribution in [2.24, 2.45) is 5.92 Å². The van der Waals surface area contributed by atoms with Gasteiger partial charge in [0.05, 0.1) is 29.1 Å². The molecule has 0 radical (unpaired) electrons. The number of carbonyl (C=O) groups excluding carboxylic acids is 5. The highest BCUT2D eigenvalue weighted by atomic mass is 19.1. The van der Waals surface area contributed by atoms with Gasteiger partial charge in [-0.1, -0.05) is 18.2 Å². The molecule has 5 aromatic rings. The first-order valence-corrected chi connectivity index (χ1v) is 18.5. The molecule has 2 aromatic carbocycles. The maximum Gasteiger partial charge on any atom is 0.262 e. The third-order valence-electron chi connectivity index (χ3n) is 11.0. The van der Waals surface area contributed by atoms with Crippen LogP contribution in [-0.2, 0) is 14.4 Å². The number of aromatic nitrogens is 4. The number of pyridine rings is 1. The highest BCUT2D eigenvalue weighted by molar-refractivity contribution is 6.24. The molecule has 1 unspecified atom stereocenters. The number of fused-ring (bicyclic) bond motifs is 2. The molecule has 4 aliphatic rings. The zero-order valence-electron chi connectivity index (χ0n) is 29.7. The summed E-state index contributed by atoms with van der Waals surface area (Å²) in [6.45, 7) is 2.00. The Bertz CT molecular complexity index is 2410. The largest absolute Gasteiger partial charge is 0.357 e. The van der Waals surface area contributed by atoms with E-state index in [0.717, 1.165) is 47.2 Å². The minimum absolute atomic E-state index is 0.0280. The van der Waals surface area contributed by atoms with Crippen molar-refractivity contribution in [2.45, 2.75) is 50.6 Å². The zero-order chi connectivity index (χ0) is 37.8. The van der Waals surface area contributed by atoms with Gasteiger partial charge in [0.25, 0.3) is 11.8 Å². The van der Waals surface area contributed by atoms with E-state index in [1.54, 1.807) is 28.9 Å². The molecule has 4 aliphatic heterocycles. The average Bonchev–Trinajstić information content (AvgIpc) is 3.92. The van der Waals surface area contributed by atoms with E-state index in [1.807, 2.05) is 36.4 Å². The summed E-state index contributed by atoms with van der Waals surface area (Å²) in [5.74, 6) is -1.51. The van der Waals surface area contributed by atoms with Gasteiger partial charge in [0.2, 0.25) is 17.7 Å². The monoisotopic (exact) mass is 741 g/mol. The molecule has 3 aromatic heterocycles. The van der Waals surface area contributed by atoms with Crippen LogP contribution in [0.15, 0.2) is 79.0 Å².